The third-order valence-corrected chi connectivity index (χ3v) is 4.33. The lowest BCUT2D eigenvalue weighted by molar-refractivity contribution is 0.102. The molecule has 0 aromatic heterocycles. The molecule has 0 saturated heterocycles. The Hall–Kier alpha value is -3.35. The molecule has 0 fully saturated rings. The molecule has 0 atom stereocenters. The highest BCUT2D eigenvalue weighted by Crippen LogP contribution is 2.23. The van der Waals surface area contributed by atoms with E-state index < -0.39 is 12.0 Å². The first-order valence-electron chi connectivity index (χ1n) is 8.93. The Morgan fingerprint density at radius 3 is 2.41 bits per heavy atom. The molecule has 0 aliphatic heterocycles. The Morgan fingerprint density at radius 2 is 1.66 bits per heavy atom. The van der Waals surface area contributed by atoms with Crippen LogP contribution in [0.5, 0.6) is 0 Å². The highest BCUT2D eigenvalue weighted by Gasteiger charge is 2.15. The van der Waals surface area contributed by atoms with Crippen molar-refractivity contribution in [3.63, 3.8) is 0 Å². The number of halogens is 1. The molecule has 0 heterocycles. The van der Waals surface area contributed by atoms with Crippen LogP contribution in [-0.2, 0) is 17.9 Å². The second kappa shape index (κ2) is 9.73. The second-order valence-corrected chi connectivity index (χ2v) is 6.67. The normalized spacial score (nSPS) is 10.3. The minimum atomic E-state index is -0.671. The van der Waals surface area contributed by atoms with Crippen LogP contribution in [0.3, 0.4) is 0 Å². The Labute approximate surface area is 173 Å². The molecule has 4 N–H and O–H groups in total. The third kappa shape index (κ3) is 5.81. The van der Waals surface area contributed by atoms with E-state index in [0.717, 1.165) is 11.1 Å². The van der Waals surface area contributed by atoms with Crippen molar-refractivity contribution in [2.24, 2.45) is 5.73 Å². The number of anilines is 2. The minimum absolute atomic E-state index is 0.119. The van der Waals surface area contributed by atoms with Crippen LogP contribution in [0, 0.1) is 0 Å². The SMILES string of the molecule is NCc1cccc(NC(=O)c2cc(Cl)ccc2NC(=O)OCc2ccccc2)c1. The summed E-state index contributed by atoms with van der Waals surface area (Å²) in [5, 5.41) is 5.75. The molecule has 0 bridgehead atoms. The summed E-state index contributed by atoms with van der Waals surface area (Å²) < 4.78 is 5.22. The van der Waals surface area contributed by atoms with Gasteiger partial charge in [-0.05, 0) is 41.5 Å². The lowest BCUT2D eigenvalue weighted by Crippen LogP contribution is -2.19. The van der Waals surface area contributed by atoms with Crippen molar-refractivity contribution < 1.29 is 14.3 Å². The van der Waals surface area contributed by atoms with E-state index in [1.807, 2.05) is 36.4 Å². The zero-order valence-electron chi connectivity index (χ0n) is 15.5. The van der Waals surface area contributed by atoms with Gasteiger partial charge in [-0.15, -0.1) is 0 Å². The van der Waals surface area contributed by atoms with Gasteiger partial charge >= 0.3 is 6.09 Å². The van der Waals surface area contributed by atoms with E-state index in [4.69, 9.17) is 22.1 Å². The van der Waals surface area contributed by atoms with E-state index in [-0.39, 0.29) is 12.2 Å². The molecule has 0 radical (unpaired) electrons. The molecule has 3 aromatic rings. The van der Waals surface area contributed by atoms with Crippen molar-refractivity contribution in [3.8, 4) is 0 Å². The van der Waals surface area contributed by atoms with Crippen molar-refractivity contribution in [1.29, 1.82) is 0 Å². The Bertz CT molecular complexity index is 1010. The van der Waals surface area contributed by atoms with E-state index in [0.29, 0.717) is 22.9 Å². The summed E-state index contributed by atoms with van der Waals surface area (Å²) in [7, 11) is 0. The van der Waals surface area contributed by atoms with Crippen LogP contribution in [0.4, 0.5) is 16.2 Å². The van der Waals surface area contributed by atoms with E-state index in [1.54, 1.807) is 30.3 Å². The molecule has 3 aromatic carbocycles. The van der Waals surface area contributed by atoms with E-state index in [1.165, 1.54) is 6.07 Å². The van der Waals surface area contributed by atoms with Gasteiger partial charge in [-0.1, -0.05) is 54.1 Å². The van der Waals surface area contributed by atoms with Gasteiger partial charge in [0.05, 0.1) is 11.3 Å². The number of rotatable bonds is 6. The van der Waals surface area contributed by atoms with Crippen LogP contribution < -0.4 is 16.4 Å². The molecule has 6 nitrogen and oxygen atoms in total. The van der Waals surface area contributed by atoms with Gasteiger partial charge < -0.3 is 15.8 Å². The van der Waals surface area contributed by atoms with Crippen molar-refractivity contribution in [2.45, 2.75) is 13.2 Å². The number of hydrogen-bond donors (Lipinski definition) is 3. The molecule has 0 unspecified atom stereocenters. The van der Waals surface area contributed by atoms with Gasteiger partial charge in [0.2, 0.25) is 0 Å². The molecule has 0 saturated carbocycles. The number of nitrogens with two attached hydrogens (primary N) is 1. The Kier molecular flexibility index (Phi) is 6.84. The van der Waals surface area contributed by atoms with Crippen LogP contribution in [0.2, 0.25) is 5.02 Å². The Balaban J connectivity index is 1.71. The van der Waals surface area contributed by atoms with Crippen LogP contribution in [-0.4, -0.2) is 12.0 Å². The quantitative estimate of drug-likeness (QED) is 0.545. The lowest BCUT2D eigenvalue weighted by atomic mass is 10.1. The average molecular weight is 410 g/mol. The first-order chi connectivity index (χ1) is 14.0. The molecule has 2 amide bonds. The number of ether oxygens (including phenoxy) is 1. The predicted octanol–water partition coefficient (Wildman–Crippen LogP) is 4.80. The number of amides is 2. The summed E-state index contributed by atoms with van der Waals surface area (Å²) in [5.41, 5.74) is 8.48. The maximum Gasteiger partial charge on any atom is 0.411 e. The molecule has 7 heteroatoms. The monoisotopic (exact) mass is 409 g/mol. The van der Waals surface area contributed by atoms with Gasteiger partial charge in [0, 0.05) is 17.3 Å². The van der Waals surface area contributed by atoms with E-state index in [9.17, 15) is 9.59 Å². The highest BCUT2D eigenvalue weighted by atomic mass is 35.5. The summed E-state index contributed by atoms with van der Waals surface area (Å²) in [6.07, 6.45) is -0.671. The number of carbonyl (C=O) groups excluding carboxylic acids is 2. The predicted molar refractivity (Wildman–Crippen MR) is 114 cm³/mol. The summed E-state index contributed by atoms with van der Waals surface area (Å²) >= 11 is 6.05. The lowest BCUT2D eigenvalue weighted by Gasteiger charge is -2.13. The molecule has 3 rings (SSSR count). The second-order valence-electron chi connectivity index (χ2n) is 6.24. The van der Waals surface area contributed by atoms with Crippen molar-refractivity contribution >= 4 is 35.0 Å². The number of nitrogens with one attached hydrogen (secondary N) is 2. The maximum atomic E-state index is 12.8. The highest BCUT2D eigenvalue weighted by molar-refractivity contribution is 6.31. The van der Waals surface area contributed by atoms with Crippen molar-refractivity contribution in [1.82, 2.24) is 0 Å². The van der Waals surface area contributed by atoms with E-state index >= 15 is 0 Å². The fourth-order valence-electron chi connectivity index (χ4n) is 2.66. The fraction of sp³-hybridized carbons (Fsp3) is 0.0909. The van der Waals surface area contributed by atoms with Gasteiger partial charge in [-0.25, -0.2) is 4.79 Å². The molecule has 29 heavy (non-hydrogen) atoms. The first-order valence-corrected chi connectivity index (χ1v) is 9.30. The smallest absolute Gasteiger partial charge is 0.411 e. The molecule has 0 spiro atoms. The van der Waals surface area contributed by atoms with Crippen LogP contribution in [0.15, 0.2) is 72.8 Å². The van der Waals surface area contributed by atoms with Gasteiger partial charge in [0.1, 0.15) is 6.61 Å². The topological polar surface area (TPSA) is 93.5 Å². The van der Waals surface area contributed by atoms with Crippen LogP contribution in [0.25, 0.3) is 0 Å². The van der Waals surface area contributed by atoms with Gasteiger partial charge in [-0.3, -0.25) is 10.1 Å². The van der Waals surface area contributed by atoms with Gasteiger partial charge in [0.25, 0.3) is 5.91 Å². The van der Waals surface area contributed by atoms with E-state index in [2.05, 4.69) is 10.6 Å². The molecular formula is C22H20ClN3O3. The molecule has 148 valence electrons. The standard InChI is InChI=1S/C22H20ClN3O3/c23-17-9-10-20(26-22(28)29-14-15-5-2-1-3-6-15)19(12-17)21(27)25-18-8-4-7-16(11-18)13-24/h1-12H,13-14,24H2,(H,25,27)(H,26,28). The summed E-state index contributed by atoms with van der Waals surface area (Å²) in [5.74, 6) is -0.417. The van der Waals surface area contributed by atoms with Crippen LogP contribution in [0.1, 0.15) is 21.5 Å². The maximum absolute atomic E-state index is 12.8. The first kappa shape index (κ1) is 20.4. The minimum Gasteiger partial charge on any atom is -0.444 e. The van der Waals surface area contributed by atoms with Crippen LogP contribution >= 0.6 is 11.6 Å². The largest absolute Gasteiger partial charge is 0.444 e. The summed E-state index contributed by atoms with van der Waals surface area (Å²) in [6.45, 7) is 0.481. The van der Waals surface area contributed by atoms with Crippen molar-refractivity contribution in [3.05, 3.63) is 94.5 Å². The summed E-state index contributed by atoms with van der Waals surface area (Å²) in [6, 6.07) is 21.1. The summed E-state index contributed by atoms with van der Waals surface area (Å²) in [4.78, 5) is 24.9. The number of benzene rings is 3. The Morgan fingerprint density at radius 1 is 0.897 bits per heavy atom. The number of carbonyl (C=O) groups is 2. The third-order valence-electron chi connectivity index (χ3n) is 4.10. The number of hydrogen-bond acceptors (Lipinski definition) is 4. The zero-order valence-corrected chi connectivity index (χ0v) is 16.3. The molecule has 0 aliphatic rings. The fourth-order valence-corrected chi connectivity index (χ4v) is 2.83. The molecule has 0 aliphatic carbocycles. The molecular weight excluding hydrogens is 390 g/mol. The van der Waals surface area contributed by atoms with Crippen molar-refractivity contribution in [2.75, 3.05) is 10.6 Å². The average Bonchev–Trinajstić information content (AvgIpc) is 2.74. The van der Waals surface area contributed by atoms with Gasteiger partial charge in [0.15, 0.2) is 0 Å². The van der Waals surface area contributed by atoms with Gasteiger partial charge in [-0.2, -0.15) is 0 Å². The zero-order chi connectivity index (χ0) is 20.6.